The molecule has 3 heterocycles. The predicted molar refractivity (Wildman–Crippen MR) is 55.6 cm³/mol. The van der Waals surface area contributed by atoms with Gasteiger partial charge in [0.15, 0.2) is 5.82 Å². The van der Waals surface area contributed by atoms with E-state index >= 15 is 0 Å². The van der Waals surface area contributed by atoms with E-state index in [2.05, 4.69) is 15.1 Å². The van der Waals surface area contributed by atoms with E-state index in [9.17, 15) is 4.79 Å². The number of hydrogen-bond acceptors (Lipinski definition) is 4. The number of aromatic nitrogens is 2. The van der Waals surface area contributed by atoms with Crippen LogP contribution < -0.4 is 4.90 Å². The fourth-order valence-electron chi connectivity index (χ4n) is 2.78. The highest BCUT2D eigenvalue weighted by Gasteiger charge is 2.40. The molecule has 2 fully saturated rings. The molecule has 2 aliphatic heterocycles. The van der Waals surface area contributed by atoms with Crippen molar-refractivity contribution in [1.82, 2.24) is 10.2 Å². The minimum absolute atomic E-state index is 0.368. The summed E-state index contributed by atoms with van der Waals surface area (Å²) in [4.78, 5) is 13.7. The van der Waals surface area contributed by atoms with E-state index in [1.165, 1.54) is 0 Å². The Morgan fingerprint density at radius 1 is 1.27 bits per heavy atom. The number of rotatable bonds is 1. The number of piperidine rings is 1. The third-order valence-corrected chi connectivity index (χ3v) is 3.37. The molecule has 0 saturated carbocycles. The molecule has 1 aromatic heterocycles. The van der Waals surface area contributed by atoms with Crippen LogP contribution in [0.2, 0.25) is 0 Å². The van der Waals surface area contributed by atoms with Gasteiger partial charge in [-0.05, 0) is 25.0 Å². The second kappa shape index (κ2) is 3.29. The van der Waals surface area contributed by atoms with Crippen LogP contribution in [0.25, 0.3) is 0 Å². The van der Waals surface area contributed by atoms with Crippen molar-refractivity contribution in [2.75, 3.05) is 4.90 Å². The van der Waals surface area contributed by atoms with Gasteiger partial charge >= 0.3 is 0 Å². The summed E-state index contributed by atoms with van der Waals surface area (Å²) in [5.41, 5.74) is 0. The standard InChI is InChI=1S/C11H13N3O/c15-10-6-8-3-4-9(7-10)14(8)11-2-1-5-12-13-11/h1-2,5,8-9H,3-4,6-7H2. The van der Waals surface area contributed by atoms with E-state index in [-0.39, 0.29) is 0 Å². The first kappa shape index (κ1) is 8.83. The zero-order valence-electron chi connectivity index (χ0n) is 8.47. The predicted octanol–water partition coefficient (Wildman–Crippen LogP) is 1.18. The van der Waals surface area contributed by atoms with Crippen molar-refractivity contribution in [1.29, 1.82) is 0 Å². The molecule has 0 aliphatic carbocycles. The number of anilines is 1. The number of carbonyl (C=O) groups excluding carboxylic acids is 1. The van der Waals surface area contributed by atoms with Gasteiger partial charge in [0.1, 0.15) is 5.78 Å². The normalized spacial score (nSPS) is 29.6. The molecular formula is C11H13N3O. The van der Waals surface area contributed by atoms with Gasteiger partial charge in [0.2, 0.25) is 0 Å². The lowest BCUT2D eigenvalue weighted by atomic mass is 10.0. The van der Waals surface area contributed by atoms with Crippen LogP contribution in [0.4, 0.5) is 5.82 Å². The lowest BCUT2D eigenvalue weighted by molar-refractivity contribution is -0.120. The van der Waals surface area contributed by atoms with Crippen LogP contribution in [-0.2, 0) is 4.79 Å². The van der Waals surface area contributed by atoms with Crippen LogP contribution >= 0.6 is 0 Å². The minimum atomic E-state index is 0.368. The number of fused-ring (bicyclic) bond motifs is 2. The maximum Gasteiger partial charge on any atom is 0.151 e. The molecule has 2 unspecified atom stereocenters. The van der Waals surface area contributed by atoms with Crippen molar-refractivity contribution in [2.24, 2.45) is 0 Å². The molecule has 15 heavy (non-hydrogen) atoms. The highest BCUT2D eigenvalue weighted by atomic mass is 16.1. The van der Waals surface area contributed by atoms with Gasteiger partial charge < -0.3 is 4.90 Å². The Hall–Kier alpha value is -1.45. The lowest BCUT2D eigenvalue weighted by Crippen LogP contribution is -2.43. The van der Waals surface area contributed by atoms with Gasteiger partial charge in [-0.2, -0.15) is 5.10 Å². The second-order valence-corrected chi connectivity index (χ2v) is 4.32. The van der Waals surface area contributed by atoms with E-state index in [4.69, 9.17) is 0 Å². The molecule has 4 nitrogen and oxygen atoms in total. The summed E-state index contributed by atoms with van der Waals surface area (Å²) >= 11 is 0. The Labute approximate surface area is 88.3 Å². The number of hydrogen-bond donors (Lipinski definition) is 0. The Morgan fingerprint density at radius 2 is 2.00 bits per heavy atom. The first-order valence-corrected chi connectivity index (χ1v) is 5.42. The number of carbonyl (C=O) groups is 1. The molecular weight excluding hydrogens is 190 g/mol. The third kappa shape index (κ3) is 1.40. The number of Topliss-reactive ketones (excluding diaryl/α,β-unsaturated/α-hetero) is 1. The second-order valence-electron chi connectivity index (χ2n) is 4.32. The van der Waals surface area contributed by atoms with Crippen molar-refractivity contribution in [3.8, 4) is 0 Å². The summed E-state index contributed by atoms with van der Waals surface area (Å²) in [5, 5.41) is 8.03. The number of ketones is 1. The SMILES string of the molecule is O=C1CC2CCC(C1)N2c1cccnn1. The van der Waals surface area contributed by atoms with Crippen molar-refractivity contribution in [3.05, 3.63) is 18.3 Å². The van der Waals surface area contributed by atoms with E-state index in [1.54, 1.807) is 6.20 Å². The molecule has 0 radical (unpaired) electrons. The van der Waals surface area contributed by atoms with E-state index in [0.717, 1.165) is 18.7 Å². The molecule has 2 atom stereocenters. The molecule has 4 heteroatoms. The van der Waals surface area contributed by atoms with Crippen molar-refractivity contribution in [3.63, 3.8) is 0 Å². The summed E-state index contributed by atoms with van der Waals surface area (Å²) in [6.07, 6.45) is 5.29. The highest BCUT2D eigenvalue weighted by molar-refractivity contribution is 5.82. The van der Waals surface area contributed by atoms with Crippen molar-refractivity contribution in [2.45, 2.75) is 37.8 Å². The van der Waals surface area contributed by atoms with Crippen LogP contribution in [0.3, 0.4) is 0 Å². The van der Waals surface area contributed by atoms with Gasteiger partial charge in [-0.3, -0.25) is 4.79 Å². The highest BCUT2D eigenvalue weighted by Crippen LogP contribution is 2.36. The van der Waals surface area contributed by atoms with Gasteiger partial charge in [0, 0.05) is 31.1 Å². The summed E-state index contributed by atoms with van der Waals surface area (Å²) < 4.78 is 0. The van der Waals surface area contributed by atoms with Gasteiger partial charge in [0.25, 0.3) is 0 Å². The number of nitrogens with zero attached hydrogens (tertiary/aromatic N) is 3. The average molecular weight is 203 g/mol. The molecule has 2 saturated heterocycles. The van der Waals surface area contributed by atoms with Crippen molar-refractivity contribution < 1.29 is 4.79 Å². The maximum atomic E-state index is 11.4. The third-order valence-electron chi connectivity index (χ3n) is 3.37. The van der Waals surface area contributed by atoms with Gasteiger partial charge in [-0.15, -0.1) is 5.10 Å². The van der Waals surface area contributed by atoms with E-state index < -0.39 is 0 Å². The maximum absolute atomic E-state index is 11.4. The van der Waals surface area contributed by atoms with E-state index in [0.29, 0.717) is 30.7 Å². The molecule has 2 bridgehead atoms. The largest absolute Gasteiger partial charge is 0.348 e. The molecule has 78 valence electrons. The van der Waals surface area contributed by atoms with Gasteiger partial charge in [-0.25, -0.2) is 0 Å². The summed E-state index contributed by atoms with van der Waals surface area (Å²) in [6, 6.07) is 4.62. The monoisotopic (exact) mass is 203 g/mol. The average Bonchev–Trinajstić information content (AvgIpc) is 2.53. The molecule has 0 amide bonds. The summed E-state index contributed by atoms with van der Waals surface area (Å²) in [6.45, 7) is 0. The molecule has 2 aliphatic rings. The summed E-state index contributed by atoms with van der Waals surface area (Å²) in [5.74, 6) is 1.33. The van der Waals surface area contributed by atoms with Crippen LogP contribution in [0, 0.1) is 0 Å². The van der Waals surface area contributed by atoms with Crippen LogP contribution in [-0.4, -0.2) is 28.1 Å². The smallest absolute Gasteiger partial charge is 0.151 e. The fraction of sp³-hybridized carbons (Fsp3) is 0.545. The molecule has 0 spiro atoms. The molecule has 0 aromatic carbocycles. The first-order valence-electron chi connectivity index (χ1n) is 5.42. The zero-order valence-corrected chi connectivity index (χ0v) is 8.47. The molecule has 1 aromatic rings. The minimum Gasteiger partial charge on any atom is -0.348 e. The molecule has 3 rings (SSSR count). The Morgan fingerprint density at radius 3 is 2.60 bits per heavy atom. The van der Waals surface area contributed by atoms with Gasteiger partial charge in [0.05, 0.1) is 0 Å². The summed E-state index contributed by atoms with van der Waals surface area (Å²) in [7, 11) is 0. The van der Waals surface area contributed by atoms with Crippen LogP contribution in [0.15, 0.2) is 18.3 Å². The fourth-order valence-corrected chi connectivity index (χ4v) is 2.78. The quantitative estimate of drug-likeness (QED) is 0.687. The lowest BCUT2D eigenvalue weighted by Gasteiger charge is -2.34. The first-order chi connectivity index (χ1) is 7.34. The molecule has 0 N–H and O–H groups in total. The van der Waals surface area contributed by atoms with Gasteiger partial charge in [-0.1, -0.05) is 0 Å². The zero-order chi connectivity index (χ0) is 10.3. The van der Waals surface area contributed by atoms with Crippen molar-refractivity contribution >= 4 is 11.6 Å². The Bertz CT molecular complexity index is 363. The Balaban J connectivity index is 1.92. The Kier molecular flexibility index (Phi) is 1.94. The van der Waals surface area contributed by atoms with Crippen LogP contribution in [0.5, 0.6) is 0 Å². The van der Waals surface area contributed by atoms with E-state index in [1.807, 2.05) is 12.1 Å². The van der Waals surface area contributed by atoms with Crippen LogP contribution in [0.1, 0.15) is 25.7 Å². The topological polar surface area (TPSA) is 46.1 Å².